The van der Waals surface area contributed by atoms with Crippen LogP contribution in [0.5, 0.6) is 0 Å². The van der Waals surface area contributed by atoms with E-state index in [0.29, 0.717) is 6.04 Å². The van der Waals surface area contributed by atoms with E-state index in [0.717, 1.165) is 18.4 Å². The molecule has 0 aromatic heterocycles. The van der Waals surface area contributed by atoms with Crippen LogP contribution in [0.25, 0.3) is 0 Å². The SMILES string of the molecule is CC(C)C(C)NCCN(C)CC1CCC1. The molecule has 0 bridgehead atoms. The van der Waals surface area contributed by atoms with Gasteiger partial charge >= 0.3 is 0 Å². The van der Waals surface area contributed by atoms with Gasteiger partial charge in [-0.2, -0.15) is 0 Å². The second-order valence-corrected chi connectivity index (χ2v) is 5.55. The van der Waals surface area contributed by atoms with E-state index in [1.807, 2.05) is 0 Å². The third-order valence-electron chi connectivity index (χ3n) is 3.75. The van der Waals surface area contributed by atoms with Gasteiger partial charge in [-0.3, -0.25) is 0 Å². The molecule has 0 aromatic carbocycles. The molecule has 2 heteroatoms. The van der Waals surface area contributed by atoms with Gasteiger partial charge in [-0.15, -0.1) is 0 Å². The third kappa shape index (κ3) is 4.98. The van der Waals surface area contributed by atoms with Crippen molar-refractivity contribution < 1.29 is 0 Å². The molecule has 1 N–H and O–H groups in total. The van der Waals surface area contributed by atoms with Gasteiger partial charge in [-0.05, 0) is 38.6 Å². The molecule has 15 heavy (non-hydrogen) atoms. The first-order valence-corrected chi connectivity index (χ1v) is 6.51. The molecule has 1 aliphatic rings. The summed E-state index contributed by atoms with van der Waals surface area (Å²) in [5, 5.41) is 3.58. The zero-order valence-electron chi connectivity index (χ0n) is 10.9. The van der Waals surface area contributed by atoms with Gasteiger partial charge in [0, 0.05) is 25.7 Å². The zero-order chi connectivity index (χ0) is 11.3. The van der Waals surface area contributed by atoms with Gasteiger partial charge in [0.15, 0.2) is 0 Å². The molecule has 2 nitrogen and oxygen atoms in total. The fraction of sp³-hybridized carbons (Fsp3) is 1.00. The zero-order valence-corrected chi connectivity index (χ0v) is 10.9. The van der Waals surface area contributed by atoms with Gasteiger partial charge in [-0.25, -0.2) is 0 Å². The largest absolute Gasteiger partial charge is 0.313 e. The second-order valence-electron chi connectivity index (χ2n) is 5.55. The Labute approximate surface area is 95.4 Å². The molecule has 0 amide bonds. The summed E-state index contributed by atoms with van der Waals surface area (Å²) in [6, 6.07) is 0.641. The predicted molar refractivity (Wildman–Crippen MR) is 67.1 cm³/mol. The summed E-state index contributed by atoms with van der Waals surface area (Å²) in [5.41, 5.74) is 0. The summed E-state index contributed by atoms with van der Waals surface area (Å²) >= 11 is 0. The molecule has 0 aromatic rings. The van der Waals surface area contributed by atoms with E-state index in [-0.39, 0.29) is 0 Å². The van der Waals surface area contributed by atoms with Gasteiger partial charge in [0.1, 0.15) is 0 Å². The average molecular weight is 212 g/mol. The minimum absolute atomic E-state index is 0.641. The molecule has 1 fully saturated rings. The van der Waals surface area contributed by atoms with E-state index in [2.05, 4.69) is 38.0 Å². The van der Waals surface area contributed by atoms with Crippen LogP contribution in [0.3, 0.4) is 0 Å². The molecule has 0 radical (unpaired) electrons. The van der Waals surface area contributed by atoms with Gasteiger partial charge < -0.3 is 10.2 Å². The van der Waals surface area contributed by atoms with Crippen LogP contribution in [0.1, 0.15) is 40.0 Å². The lowest BCUT2D eigenvalue weighted by atomic mass is 9.85. The first-order chi connectivity index (χ1) is 7.09. The van der Waals surface area contributed by atoms with Crippen molar-refractivity contribution in [3.05, 3.63) is 0 Å². The van der Waals surface area contributed by atoms with Gasteiger partial charge in [0.25, 0.3) is 0 Å². The number of rotatable bonds is 7. The number of nitrogens with zero attached hydrogens (tertiary/aromatic N) is 1. The number of hydrogen-bond acceptors (Lipinski definition) is 2. The summed E-state index contributed by atoms with van der Waals surface area (Å²) in [6.45, 7) is 10.4. The standard InChI is InChI=1S/C13H28N2/c1-11(2)12(3)14-8-9-15(4)10-13-6-5-7-13/h11-14H,5-10H2,1-4H3. The molecule has 0 saturated heterocycles. The Bertz CT molecular complexity index is 164. The molecule has 1 rings (SSSR count). The van der Waals surface area contributed by atoms with Crippen LogP contribution < -0.4 is 5.32 Å². The first kappa shape index (κ1) is 13.0. The first-order valence-electron chi connectivity index (χ1n) is 6.51. The van der Waals surface area contributed by atoms with Crippen LogP contribution in [0, 0.1) is 11.8 Å². The van der Waals surface area contributed by atoms with Crippen molar-refractivity contribution >= 4 is 0 Å². The highest BCUT2D eigenvalue weighted by Gasteiger charge is 2.18. The molecular weight excluding hydrogens is 184 g/mol. The molecule has 0 heterocycles. The highest BCUT2D eigenvalue weighted by molar-refractivity contribution is 4.73. The molecule has 1 atom stereocenters. The Hall–Kier alpha value is -0.0800. The van der Waals surface area contributed by atoms with Gasteiger partial charge in [0.05, 0.1) is 0 Å². The number of hydrogen-bond donors (Lipinski definition) is 1. The van der Waals surface area contributed by atoms with Crippen LogP contribution in [-0.2, 0) is 0 Å². The lowest BCUT2D eigenvalue weighted by molar-refractivity contribution is 0.203. The van der Waals surface area contributed by atoms with Crippen molar-refractivity contribution in [1.29, 1.82) is 0 Å². The van der Waals surface area contributed by atoms with E-state index in [1.54, 1.807) is 0 Å². The van der Waals surface area contributed by atoms with E-state index in [9.17, 15) is 0 Å². The van der Waals surface area contributed by atoms with Crippen molar-refractivity contribution in [3.8, 4) is 0 Å². The molecule has 0 aliphatic heterocycles. The Morgan fingerprint density at radius 1 is 1.27 bits per heavy atom. The van der Waals surface area contributed by atoms with E-state index >= 15 is 0 Å². The second kappa shape index (κ2) is 6.49. The maximum absolute atomic E-state index is 3.58. The highest BCUT2D eigenvalue weighted by atomic mass is 15.1. The Morgan fingerprint density at radius 2 is 1.93 bits per heavy atom. The van der Waals surface area contributed by atoms with E-state index < -0.39 is 0 Å². The summed E-state index contributed by atoms with van der Waals surface area (Å²) in [4.78, 5) is 2.48. The quantitative estimate of drug-likeness (QED) is 0.697. The fourth-order valence-electron chi connectivity index (χ4n) is 1.93. The maximum Gasteiger partial charge on any atom is 0.0104 e. The normalized spacial score (nSPS) is 19.6. The van der Waals surface area contributed by atoms with Crippen molar-refractivity contribution in [3.63, 3.8) is 0 Å². The Kier molecular flexibility index (Phi) is 5.62. The van der Waals surface area contributed by atoms with Crippen LogP contribution in [0.15, 0.2) is 0 Å². The van der Waals surface area contributed by atoms with Gasteiger partial charge in [-0.1, -0.05) is 20.3 Å². The molecular formula is C13H28N2. The number of nitrogens with one attached hydrogen (secondary N) is 1. The summed E-state index contributed by atoms with van der Waals surface area (Å²) in [5.74, 6) is 1.74. The monoisotopic (exact) mass is 212 g/mol. The van der Waals surface area contributed by atoms with Crippen molar-refractivity contribution in [1.82, 2.24) is 10.2 Å². The summed E-state index contributed by atoms with van der Waals surface area (Å²) in [7, 11) is 2.25. The van der Waals surface area contributed by atoms with Crippen molar-refractivity contribution in [2.24, 2.45) is 11.8 Å². The van der Waals surface area contributed by atoms with Crippen LogP contribution in [-0.4, -0.2) is 37.6 Å². The van der Waals surface area contributed by atoms with Crippen LogP contribution in [0.4, 0.5) is 0 Å². The van der Waals surface area contributed by atoms with E-state index in [4.69, 9.17) is 0 Å². The molecule has 90 valence electrons. The minimum Gasteiger partial charge on any atom is -0.313 e. The predicted octanol–water partition coefficient (Wildman–Crippen LogP) is 2.35. The lowest BCUT2D eigenvalue weighted by Crippen LogP contribution is -2.38. The van der Waals surface area contributed by atoms with Crippen LogP contribution >= 0.6 is 0 Å². The van der Waals surface area contributed by atoms with Crippen molar-refractivity contribution in [2.75, 3.05) is 26.7 Å². The Morgan fingerprint density at radius 3 is 2.40 bits per heavy atom. The third-order valence-corrected chi connectivity index (χ3v) is 3.75. The summed E-state index contributed by atoms with van der Waals surface area (Å²) < 4.78 is 0. The highest BCUT2D eigenvalue weighted by Crippen LogP contribution is 2.26. The Balaban J connectivity index is 1.98. The van der Waals surface area contributed by atoms with Crippen molar-refractivity contribution in [2.45, 2.75) is 46.1 Å². The topological polar surface area (TPSA) is 15.3 Å². The maximum atomic E-state index is 3.58. The smallest absolute Gasteiger partial charge is 0.0104 e. The minimum atomic E-state index is 0.641. The average Bonchev–Trinajstić information content (AvgIpc) is 2.11. The lowest BCUT2D eigenvalue weighted by Gasteiger charge is -2.30. The number of likely N-dealkylation sites (N-methyl/N-ethyl adjacent to an activating group) is 1. The fourth-order valence-corrected chi connectivity index (χ4v) is 1.93. The molecule has 1 saturated carbocycles. The molecule has 1 unspecified atom stereocenters. The molecule has 1 aliphatic carbocycles. The summed E-state index contributed by atoms with van der Waals surface area (Å²) in [6.07, 6.45) is 4.38. The van der Waals surface area contributed by atoms with Crippen LogP contribution in [0.2, 0.25) is 0 Å². The van der Waals surface area contributed by atoms with Gasteiger partial charge in [0.2, 0.25) is 0 Å². The van der Waals surface area contributed by atoms with E-state index in [1.165, 1.54) is 32.4 Å². The molecule has 0 spiro atoms.